The molecule has 0 radical (unpaired) electrons. The van der Waals surface area contributed by atoms with Crippen LogP contribution in [-0.2, 0) is 0 Å². The van der Waals surface area contributed by atoms with E-state index in [0.717, 1.165) is 12.6 Å². The van der Waals surface area contributed by atoms with Crippen LogP contribution in [0.1, 0.15) is 39.0 Å². The maximum absolute atomic E-state index is 8.76. The van der Waals surface area contributed by atoms with Crippen LogP contribution >= 0.6 is 25.6 Å². The lowest BCUT2D eigenvalue weighted by Gasteiger charge is -2.08. The van der Waals surface area contributed by atoms with E-state index in [1.54, 1.807) is 0 Å². The van der Waals surface area contributed by atoms with Gasteiger partial charge in [-0.05, 0) is 12.6 Å². The molecular formula is C12H19BrN3P. The summed E-state index contributed by atoms with van der Waals surface area (Å²) in [6.07, 6.45) is 7.60. The van der Waals surface area contributed by atoms with Crippen molar-refractivity contribution in [2.45, 2.75) is 39.0 Å². The Labute approximate surface area is 116 Å². The highest BCUT2D eigenvalue weighted by Crippen LogP contribution is 2.26. The zero-order valence-corrected chi connectivity index (χ0v) is 12.9. The summed E-state index contributed by atoms with van der Waals surface area (Å²) in [5.41, 5.74) is -1.40. The molecule has 0 amide bonds. The maximum atomic E-state index is 8.76. The SMILES string of the molecule is Br.CCCCCCCPCC(C#N)(C#N)C#N. The number of nitrogens with zero attached hydrogens (tertiary/aromatic N) is 3. The van der Waals surface area contributed by atoms with Crippen LogP contribution in [0.25, 0.3) is 0 Å². The third-order valence-electron chi connectivity index (χ3n) is 2.42. The predicted molar refractivity (Wildman–Crippen MR) is 76.4 cm³/mol. The summed E-state index contributed by atoms with van der Waals surface area (Å²) in [6.45, 7) is 2.18. The Balaban J connectivity index is 0. The smallest absolute Gasteiger partial charge is 0.195 e. The average Bonchev–Trinajstić information content (AvgIpc) is 2.34. The van der Waals surface area contributed by atoms with Gasteiger partial charge in [0.1, 0.15) is 18.2 Å². The lowest BCUT2D eigenvalue weighted by Crippen LogP contribution is -2.15. The van der Waals surface area contributed by atoms with Gasteiger partial charge in [0.25, 0.3) is 0 Å². The van der Waals surface area contributed by atoms with E-state index >= 15 is 0 Å². The molecule has 0 bridgehead atoms. The van der Waals surface area contributed by atoms with Crippen LogP contribution < -0.4 is 0 Å². The van der Waals surface area contributed by atoms with Crippen molar-refractivity contribution in [3.63, 3.8) is 0 Å². The molecule has 5 heteroatoms. The Hall–Kier alpha value is -0.620. The van der Waals surface area contributed by atoms with E-state index in [0.29, 0.717) is 14.7 Å². The second-order valence-electron chi connectivity index (χ2n) is 3.83. The van der Waals surface area contributed by atoms with Crippen molar-refractivity contribution in [1.82, 2.24) is 0 Å². The molecule has 1 atom stereocenters. The standard InChI is InChI=1S/C12H18N3P.BrH/c1-2-3-4-5-6-7-16-11-12(8-13,9-14)10-15;/h16H,2-7,11H2,1H3;1H. The monoisotopic (exact) mass is 315 g/mol. The Morgan fingerprint density at radius 1 is 0.941 bits per heavy atom. The Kier molecular flexibility index (Phi) is 13.1. The zero-order chi connectivity index (χ0) is 12.3. The van der Waals surface area contributed by atoms with E-state index in [4.69, 9.17) is 15.8 Å². The van der Waals surface area contributed by atoms with E-state index in [1.807, 2.05) is 18.2 Å². The van der Waals surface area contributed by atoms with Crippen molar-refractivity contribution in [3.05, 3.63) is 0 Å². The van der Waals surface area contributed by atoms with Crippen LogP contribution in [0.3, 0.4) is 0 Å². The van der Waals surface area contributed by atoms with Gasteiger partial charge >= 0.3 is 0 Å². The second kappa shape index (κ2) is 11.9. The van der Waals surface area contributed by atoms with Gasteiger partial charge < -0.3 is 0 Å². The van der Waals surface area contributed by atoms with Gasteiger partial charge in [-0.15, -0.1) is 25.6 Å². The maximum Gasteiger partial charge on any atom is 0.232 e. The first-order chi connectivity index (χ1) is 7.74. The van der Waals surface area contributed by atoms with Gasteiger partial charge in [0.15, 0.2) is 0 Å². The number of halogens is 1. The molecule has 0 saturated carbocycles. The van der Waals surface area contributed by atoms with Crippen LogP contribution in [-0.4, -0.2) is 12.3 Å². The van der Waals surface area contributed by atoms with Gasteiger partial charge in [-0.2, -0.15) is 15.8 Å². The van der Waals surface area contributed by atoms with E-state index in [1.165, 1.54) is 25.7 Å². The molecule has 0 aromatic heterocycles. The molecule has 1 unspecified atom stereocenters. The molecule has 0 spiro atoms. The Morgan fingerprint density at radius 3 is 1.94 bits per heavy atom. The molecule has 0 rings (SSSR count). The van der Waals surface area contributed by atoms with E-state index in [2.05, 4.69) is 6.92 Å². The fourth-order valence-corrected chi connectivity index (χ4v) is 2.61. The van der Waals surface area contributed by atoms with Crippen LogP contribution in [0, 0.1) is 39.4 Å². The van der Waals surface area contributed by atoms with Crippen LogP contribution in [0.2, 0.25) is 0 Å². The topological polar surface area (TPSA) is 71.4 Å². The van der Waals surface area contributed by atoms with E-state index < -0.39 is 5.41 Å². The minimum absolute atomic E-state index is 0. The highest BCUT2D eigenvalue weighted by molar-refractivity contribution is 8.93. The molecule has 0 aliphatic carbocycles. The van der Waals surface area contributed by atoms with Gasteiger partial charge in [0.05, 0.1) is 0 Å². The normalized spacial score (nSPS) is 10.2. The van der Waals surface area contributed by atoms with Crippen molar-refractivity contribution >= 4 is 25.6 Å². The van der Waals surface area contributed by atoms with Crippen molar-refractivity contribution in [1.29, 1.82) is 15.8 Å². The van der Waals surface area contributed by atoms with Crippen molar-refractivity contribution < 1.29 is 0 Å². The van der Waals surface area contributed by atoms with Gasteiger partial charge in [-0.3, -0.25) is 0 Å². The molecule has 0 N–H and O–H groups in total. The fourth-order valence-electron chi connectivity index (χ4n) is 1.32. The summed E-state index contributed by atoms with van der Waals surface area (Å²) in [6, 6.07) is 5.43. The molecule has 94 valence electrons. The Bertz CT molecular complexity index is 275. The number of rotatable bonds is 8. The predicted octanol–water partition coefficient (Wildman–Crippen LogP) is 3.77. The third-order valence-corrected chi connectivity index (χ3v) is 3.91. The second-order valence-corrected chi connectivity index (χ2v) is 5.19. The summed E-state index contributed by atoms with van der Waals surface area (Å²) >= 11 is 0. The molecule has 3 nitrogen and oxygen atoms in total. The van der Waals surface area contributed by atoms with Crippen LogP contribution in [0.4, 0.5) is 0 Å². The first-order valence-corrected chi connectivity index (χ1v) is 7.10. The van der Waals surface area contributed by atoms with Crippen LogP contribution in [0.5, 0.6) is 0 Å². The van der Waals surface area contributed by atoms with Gasteiger partial charge in [0.2, 0.25) is 5.41 Å². The average molecular weight is 316 g/mol. The minimum Gasteiger partial charge on any atom is -0.195 e. The summed E-state index contributed by atoms with van der Waals surface area (Å²) in [4.78, 5) is 0. The minimum atomic E-state index is -1.40. The third kappa shape index (κ3) is 8.15. The number of nitriles is 3. The summed E-state index contributed by atoms with van der Waals surface area (Å²) in [5.74, 6) is 0. The zero-order valence-electron chi connectivity index (χ0n) is 10.2. The van der Waals surface area contributed by atoms with E-state index in [-0.39, 0.29) is 17.0 Å². The van der Waals surface area contributed by atoms with Crippen molar-refractivity contribution in [2.24, 2.45) is 5.41 Å². The van der Waals surface area contributed by atoms with Crippen molar-refractivity contribution in [3.8, 4) is 18.2 Å². The molecule has 0 aromatic carbocycles. The number of hydrogen-bond acceptors (Lipinski definition) is 3. The largest absolute Gasteiger partial charge is 0.232 e. The number of hydrogen-bond donors (Lipinski definition) is 0. The molecule has 17 heavy (non-hydrogen) atoms. The highest BCUT2D eigenvalue weighted by Gasteiger charge is 2.28. The summed E-state index contributed by atoms with van der Waals surface area (Å²) in [7, 11) is 0.548. The highest BCUT2D eigenvalue weighted by atomic mass is 79.9. The first kappa shape index (κ1) is 18.7. The lowest BCUT2D eigenvalue weighted by atomic mass is 9.97. The molecule has 0 aliphatic heterocycles. The molecule has 0 aliphatic rings. The fraction of sp³-hybridized carbons (Fsp3) is 0.750. The van der Waals surface area contributed by atoms with Crippen LogP contribution in [0.15, 0.2) is 0 Å². The molecule has 0 aromatic rings. The van der Waals surface area contributed by atoms with Gasteiger partial charge in [-0.25, -0.2) is 0 Å². The first-order valence-electron chi connectivity index (χ1n) is 5.69. The van der Waals surface area contributed by atoms with Crippen molar-refractivity contribution in [2.75, 3.05) is 12.3 Å². The lowest BCUT2D eigenvalue weighted by molar-refractivity contribution is 0.658. The van der Waals surface area contributed by atoms with Gasteiger partial charge in [-0.1, -0.05) is 32.6 Å². The molecule has 0 fully saturated rings. The molecule has 0 heterocycles. The molecular weight excluding hydrogens is 297 g/mol. The quantitative estimate of drug-likeness (QED) is 0.505. The summed E-state index contributed by atoms with van der Waals surface area (Å²) < 4.78 is 0. The number of unbranched alkanes of at least 4 members (excludes halogenated alkanes) is 4. The Morgan fingerprint density at radius 2 is 1.47 bits per heavy atom. The van der Waals surface area contributed by atoms with Gasteiger partial charge in [0, 0.05) is 6.16 Å². The summed E-state index contributed by atoms with van der Waals surface area (Å²) in [5, 5.41) is 26.3. The molecule has 0 saturated heterocycles. The van der Waals surface area contributed by atoms with E-state index in [9.17, 15) is 0 Å².